The van der Waals surface area contributed by atoms with Crippen molar-refractivity contribution >= 4 is 23.6 Å². The predicted octanol–water partition coefficient (Wildman–Crippen LogP) is 4.53. The van der Waals surface area contributed by atoms with E-state index in [1.54, 1.807) is 13.8 Å². The highest BCUT2D eigenvalue weighted by molar-refractivity contribution is 5.75. The summed E-state index contributed by atoms with van der Waals surface area (Å²) in [6.07, 6.45) is 9.24. The maximum absolute atomic E-state index is 11.3. The lowest BCUT2D eigenvalue weighted by atomic mass is 9.99. The molecule has 0 radical (unpaired) electrons. The van der Waals surface area contributed by atoms with Crippen molar-refractivity contribution in [3.05, 3.63) is 0 Å². The van der Waals surface area contributed by atoms with Gasteiger partial charge in [0.05, 0.1) is 0 Å². The first-order valence-corrected chi connectivity index (χ1v) is 15.6. The molecule has 0 saturated heterocycles. The molecule has 2 amide bonds. The van der Waals surface area contributed by atoms with Gasteiger partial charge in [0.2, 0.25) is 5.91 Å². The maximum atomic E-state index is 11.3. The van der Waals surface area contributed by atoms with Crippen LogP contribution in [0.2, 0.25) is 0 Å². The molecule has 11 nitrogen and oxygen atoms in total. The van der Waals surface area contributed by atoms with E-state index in [4.69, 9.17) is 16.3 Å². The Bertz CT molecular complexity index is 700. The van der Waals surface area contributed by atoms with Gasteiger partial charge in [0.15, 0.2) is 0 Å². The van der Waals surface area contributed by atoms with Crippen LogP contribution in [0, 0.1) is 17.8 Å². The van der Waals surface area contributed by atoms with Crippen LogP contribution in [0.25, 0.3) is 0 Å². The molecule has 0 aliphatic rings. The summed E-state index contributed by atoms with van der Waals surface area (Å²) in [6, 6.07) is 0. The largest absolute Gasteiger partial charge is 0.443 e. The molecule has 11 heteroatoms. The van der Waals surface area contributed by atoms with E-state index in [0.717, 1.165) is 77.4 Å². The number of Topliss-reactive ketones (excluding diaryl/α,β-unsaturated/α-hetero) is 2. The quantitative estimate of drug-likeness (QED) is 0.0663. The van der Waals surface area contributed by atoms with E-state index in [2.05, 4.69) is 42.4 Å². The number of ether oxygens (including phenoxy) is 1. The van der Waals surface area contributed by atoms with Gasteiger partial charge in [-0.2, -0.15) is 0 Å². The zero-order valence-electron chi connectivity index (χ0n) is 28.3. The van der Waals surface area contributed by atoms with E-state index in [0.29, 0.717) is 36.5 Å². The minimum absolute atomic E-state index is 0.0459. The van der Waals surface area contributed by atoms with Crippen LogP contribution in [-0.4, -0.2) is 55.3 Å². The Morgan fingerprint density at radius 1 is 0.738 bits per heavy atom. The molecule has 0 aliphatic heterocycles. The second-order valence-corrected chi connectivity index (χ2v) is 12.5. The van der Waals surface area contributed by atoms with Gasteiger partial charge in [-0.15, -0.1) is 0 Å². The molecule has 42 heavy (non-hydrogen) atoms. The van der Waals surface area contributed by atoms with Crippen LogP contribution < -0.4 is 33.2 Å². The van der Waals surface area contributed by atoms with Crippen LogP contribution in [0.1, 0.15) is 127 Å². The van der Waals surface area contributed by atoms with Crippen molar-refractivity contribution < 1.29 is 23.9 Å². The maximum Gasteiger partial charge on any atom is 0.422 e. The van der Waals surface area contributed by atoms with Gasteiger partial charge in [0.25, 0.3) is 0 Å². The number of ketones is 2. The Morgan fingerprint density at radius 2 is 1.21 bits per heavy atom. The van der Waals surface area contributed by atoms with Crippen molar-refractivity contribution in [2.45, 2.75) is 132 Å². The summed E-state index contributed by atoms with van der Waals surface area (Å²) in [6.45, 7) is 19.8. The van der Waals surface area contributed by atoms with Gasteiger partial charge < -0.3 is 25.4 Å². The van der Waals surface area contributed by atoms with Crippen molar-refractivity contribution in [2.75, 3.05) is 26.2 Å². The van der Waals surface area contributed by atoms with Crippen LogP contribution >= 0.6 is 0 Å². The summed E-state index contributed by atoms with van der Waals surface area (Å²) in [5, 5.41) is 2.77. The Hall–Kier alpha value is -2.08. The second kappa shape index (κ2) is 29.0. The molecule has 0 aliphatic carbocycles. The average Bonchev–Trinajstić information content (AvgIpc) is 2.88. The van der Waals surface area contributed by atoms with Crippen LogP contribution in [0.3, 0.4) is 0 Å². The van der Waals surface area contributed by atoms with E-state index < -0.39 is 11.7 Å². The van der Waals surface area contributed by atoms with Gasteiger partial charge in [-0.1, -0.05) is 20.8 Å². The highest BCUT2D eigenvalue weighted by Crippen LogP contribution is 2.13. The van der Waals surface area contributed by atoms with Crippen molar-refractivity contribution in [3.8, 4) is 0 Å². The molecule has 0 unspecified atom stereocenters. The van der Waals surface area contributed by atoms with Crippen LogP contribution in [0.4, 0.5) is 4.79 Å². The molecule has 0 bridgehead atoms. The molecule has 250 valence electrons. The summed E-state index contributed by atoms with van der Waals surface area (Å²) >= 11 is 0. The van der Waals surface area contributed by atoms with Crippen LogP contribution in [0.15, 0.2) is 0 Å². The van der Waals surface area contributed by atoms with Gasteiger partial charge in [0.1, 0.15) is 17.2 Å². The number of hydrogen-bond acceptors (Lipinski definition) is 9. The Kier molecular flexibility index (Phi) is 30.6. The van der Waals surface area contributed by atoms with Gasteiger partial charge >= 0.3 is 6.09 Å². The molecule has 0 saturated carbocycles. The zero-order valence-corrected chi connectivity index (χ0v) is 28.3. The Balaban J connectivity index is -0.000000574. The summed E-state index contributed by atoms with van der Waals surface area (Å²) in [5.74, 6) is 7.44. The SMILES string of the molecule is CC(=O)CC[C@H](C)CCCNN.CC(=O)CC[C@H](C)CCCNNC(=O)OC(C)(C)C.CC(=O)NC[C@H](C)CCCN. The molecule has 3 atom stereocenters. The lowest BCUT2D eigenvalue weighted by Gasteiger charge is -2.19. The fourth-order valence-corrected chi connectivity index (χ4v) is 3.60. The number of hydrazine groups is 2. The molecular weight excluding hydrogens is 536 g/mol. The van der Waals surface area contributed by atoms with E-state index in [1.165, 1.54) is 6.92 Å². The number of nitrogens with one attached hydrogen (secondary N) is 4. The first-order chi connectivity index (χ1) is 19.5. The number of hydrogen-bond donors (Lipinski definition) is 6. The van der Waals surface area contributed by atoms with E-state index in [-0.39, 0.29) is 11.7 Å². The highest BCUT2D eigenvalue weighted by atomic mass is 16.6. The monoisotopic (exact) mass is 603 g/mol. The van der Waals surface area contributed by atoms with E-state index in [1.807, 2.05) is 20.8 Å². The average molecular weight is 603 g/mol. The summed E-state index contributed by atoms with van der Waals surface area (Å²) < 4.78 is 5.08. The lowest BCUT2D eigenvalue weighted by molar-refractivity contribution is -0.119. The number of nitrogens with two attached hydrogens (primary N) is 2. The normalized spacial score (nSPS) is 12.8. The first-order valence-electron chi connectivity index (χ1n) is 15.6. The van der Waals surface area contributed by atoms with Crippen LogP contribution in [0.5, 0.6) is 0 Å². The fraction of sp³-hybridized carbons (Fsp3) is 0.871. The molecule has 0 fully saturated rings. The molecule has 8 N–H and O–H groups in total. The molecule has 0 aromatic rings. The van der Waals surface area contributed by atoms with Crippen molar-refractivity contribution in [1.29, 1.82) is 0 Å². The third kappa shape index (κ3) is 42.4. The van der Waals surface area contributed by atoms with E-state index in [9.17, 15) is 19.2 Å². The topological polar surface area (TPSA) is 178 Å². The van der Waals surface area contributed by atoms with E-state index >= 15 is 0 Å². The first kappa shape index (κ1) is 44.4. The fourth-order valence-electron chi connectivity index (χ4n) is 3.60. The standard InChI is InChI=1S/C14H28N2O3.C9H20N2O.C8H18N2O/c1-11(8-9-12(2)17)7-6-10-15-16-13(18)19-14(3,4)5;1-8(4-3-7-11-10)5-6-9(2)12;1-7(4-3-5-9)6-10-8(2)11/h11,15H,6-10H2,1-5H3,(H,16,18);8,11H,3-7,10H2,1-2H3;7H,3-6,9H2,1-2H3,(H,10,11)/t11-;8-;7-/m111/s1. The molecule has 0 spiro atoms. The summed E-state index contributed by atoms with van der Waals surface area (Å²) in [4.78, 5) is 43.3. The van der Waals surface area contributed by atoms with Crippen molar-refractivity contribution in [3.63, 3.8) is 0 Å². The Morgan fingerprint density at radius 3 is 1.62 bits per heavy atom. The third-order valence-electron chi connectivity index (χ3n) is 6.18. The number of amides is 2. The highest BCUT2D eigenvalue weighted by Gasteiger charge is 2.15. The Labute approximate surface area is 256 Å². The molecule has 0 aromatic carbocycles. The third-order valence-corrected chi connectivity index (χ3v) is 6.18. The number of carbonyl (C=O) groups is 4. The number of rotatable bonds is 20. The van der Waals surface area contributed by atoms with Gasteiger partial charge in [0, 0.05) is 39.4 Å². The van der Waals surface area contributed by atoms with Crippen molar-refractivity contribution in [2.24, 2.45) is 29.3 Å². The minimum atomic E-state index is -0.479. The zero-order chi connectivity index (χ0) is 33.0. The lowest BCUT2D eigenvalue weighted by Crippen LogP contribution is -2.41. The minimum Gasteiger partial charge on any atom is -0.443 e. The predicted molar refractivity (Wildman–Crippen MR) is 172 cm³/mol. The second-order valence-electron chi connectivity index (χ2n) is 12.5. The van der Waals surface area contributed by atoms with Gasteiger partial charge in [-0.05, 0) is 110 Å². The van der Waals surface area contributed by atoms with Crippen molar-refractivity contribution in [1.82, 2.24) is 21.6 Å². The molecule has 0 rings (SSSR count). The molecular formula is C31H66N6O5. The summed E-state index contributed by atoms with van der Waals surface area (Å²) in [7, 11) is 0. The van der Waals surface area contributed by atoms with Gasteiger partial charge in [-0.25, -0.2) is 10.2 Å². The smallest absolute Gasteiger partial charge is 0.422 e. The molecule has 0 aromatic heterocycles. The summed E-state index contributed by atoms with van der Waals surface area (Å²) in [5.41, 5.74) is 12.8. The molecule has 0 heterocycles. The number of carbonyl (C=O) groups excluding carboxylic acids is 4. The van der Waals surface area contributed by atoms with Crippen LogP contribution in [-0.2, 0) is 19.1 Å². The van der Waals surface area contributed by atoms with Gasteiger partial charge in [-0.3, -0.25) is 21.5 Å².